The second-order valence-electron chi connectivity index (χ2n) is 3.94. The third-order valence-corrected chi connectivity index (χ3v) is 2.36. The molecule has 0 atom stereocenters. The number of hydrogen-bond acceptors (Lipinski definition) is 1. The minimum atomic E-state index is -6.32. The van der Waals surface area contributed by atoms with Crippen LogP contribution in [0.3, 0.4) is 0 Å². The van der Waals surface area contributed by atoms with E-state index in [1.54, 1.807) is 0 Å². The molecule has 0 saturated heterocycles. The van der Waals surface area contributed by atoms with Gasteiger partial charge in [-0.2, -0.15) is 22.0 Å². The fraction of sp³-hybridized carbons (Fsp3) is 0.231. The lowest BCUT2D eigenvalue weighted by Gasteiger charge is -2.18. The smallest absolute Gasteiger partial charge is 0.460 e. The van der Waals surface area contributed by atoms with Crippen molar-refractivity contribution in [2.45, 2.75) is 12.1 Å². The van der Waals surface area contributed by atoms with Crippen molar-refractivity contribution < 1.29 is 39.9 Å². The van der Waals surface area contributed by atoms with Crippen LogP contribution in [0, 0.1) is 5.82 Å². The molecule has 1 rings (SSSR count). The zero-order chi connectivity index (χ0) is 17.1. The van der Waals surface area contributed by atoms with Gasteiger partial charge in [0.15, 0.2) is 5.83 Å². The SMILES string of the molecule is C=CCOc1cc(F)ccc1C(F)=C(F)C(F)(F)C(F)(F)F. The molecule has 1 aromatic rings. The Bertz CT molecular complexity index is 588. The van der Waals surface area contributed by atoms with Gasteiger partial charge in [0.25, 0.3) is 0 Å². The van der Waals surface area contributed by atoms with Crippen LogP contribution in [0.2, 0.25) is 0 Å². The molecule has 0 aliphatic heterocycles. The maximum Gasteiger partial charge on any atom is 0.460 e. The molecule has 1 aromatic carbocycles. The van der Waals surface area contributed by atoms with Gasteiger partial charge in [-0.05, 0) is 12.1 Å². The van der Waals surface area contributed by atoms with Crippen LogP contribution < -0.4 is 4.74 Å². The summed E-state index contributed by atoms with van der Waals surface area (Å²) in [5.74, 6) is -13.6. The molecule has 0 radical (unpaired) electrons. The second kappa shape index (κ2) is 6.37. The molecule has 9 heteroatoms. The number of benzene rings is 1. The third-order valence-electron chi connectivity index (χ3n) is 2.36. The lowest BCUT2D eigenvalue weighted by molar-refractivity contribution is -0.270. The highest BCUT2D eigenvalue weighted by atomic mass is 19.4. The summed E-state index contributed by atoms with van der Waals surface area (Å²) in [6, 6.07) is 1.54. The summed E-state index contributed by atoms with van der Waals surface area (Å²) >= 11 is 0. The highest BCUT2D eigenvalue weighted by Crippen LogP contribution is 2.45. The molecular weight excluding hydrogens is 324 g/mol. The highest BCUT2D eigenvalue weighted by Gasteiger charge is 2.62. The van der Waals surface area contributed by atoms with Gasteiger partial charge in [0, 0.05) is 6.07 Å². The van der Waals surface area contributed by atoms with Crippen LogP contribution in [0.1, 0.15) is 5.56 Å². The van der Waals surface area contributed by atoms with Crippen LogP contribution in [0.4, 0.5) is 35.1 Å². The summed E-state index contributed by atoms with van der Waals surface area (Å²) in [6.45, 7) is 2.88. The van der Waals surface area contributed by atoms with Gasteiger partial charge in [-0.15, -0.1) is 0 Å². The van der Waals surface area contributed by atoms with Gasteiger partial charge in [-0.25, -0.2) is 13.2 Å². The molecule has 0 unspecified atom stereocenters. The maximum atomic E-state index is 13.7. The Balaban J connectivity index is 3.40. The third kappa shape index (κ3) is 3.58. The van der Waals surface area contributed by atoms with Crippen LogP contribution in [0.5, 0.6) is 5.75 Å². The maximum absolute atomic E-state index is 13.7. The highest BCUT2D eigenvalue weighted by molar-refractivity contribution is 5.67. The molecule has 0 aliphatic rings. The molecular formula is C13H8F8O. The first-order valence-electron chi connectivity index (χ1n) is 5.56. The lowest BCUT2D eigenvalue weighted by atomic mass is 10.1. The summed E-state index contributed by atoms with van der Waals surface area (Å²) in [5, 5.41) is 0. The van der Waals surface area contributed by atoms with E-state index in [9.17, 15) is 35.1 Å². The van der Waals surface area contributed by atoms with E-state index in [4.69, 9.17) is 4.74 Å². The number of rotatable bonds is 5. The number of allylic oxidation sites excluding steroid dienone is 1. The Morgan fingerprint density at radius 3 is 2.23 bits per heavy atom. The summed E-state index contributed by atoms with van der Waals surface area (Å²) in [4.78, 5) is 0. The predicted molar refractivity (Wildman–Crippen MR) is 62.2 cm³/mol. The van der Waals surface area contributed by atoms with Crippen molar-refractivity contribution in [1.82, 2.24) is 0 Å². The molecule has 0 aliphatic carbocycles. The van der Waals surface area contributed by atoms with Crippen LogP contribution in [0.15, 0.2) is 36.7 Å². The first-order chi connectivity index (χ1) is 10.0. The fourth-order valence-corrected chi connectivity index (χ4v) is 1.33. The van der Waals surface area contributed by atoms with Gasteiger partial charge >= 0.3 is 12.1 Å². The van der Waals surface area contributed by atoms with Gasteiger partial charge in [-0.1, -0.05) is 12.7 Å². The van der Waals surface area contributed by atoms with E-state index in [2.05, 4.69) is 6.58 Å². The van der Waals surface area contributed by atoms with E-state index in [1.165, 1.54) is 0 Å². The topological polar surface area (TPSA) is 9.23 Å². The van der Waals surface area contributed by atoms with Crippen molar-refractivity contribution in [3.63, 3.8) is 0 Å². The molecule has 22 heavy (non-hydrogen) atoms. The minimum absolute atomic E-state index is 0.332. The molecule has 0 saturated carbocycles. The second-order valence-corrected chi connectivity index (χ2v) is 3.94. The van der Waals surface area contributed by atoms with Gasteiger partial charge in [0.1, 0.15) is 18.2 Å². The minimum Gasteiger partial charge on any atom is -0.489 e. The number of hydrogen-bond donors (Lipinski definition) is 0. The summed E-state index contributed by atoms with van der Waals surface area (Å²) in [5.41, 5.74) is -1.08. The Morgan fingerprint density at radius 2 is 1.73 bits per heavy atom. The summed E-state index contributed by atoms with van der Waals surface area (Å²) in [6.07, 6.45) is -5.20. The Kier molecular flexibility index (Phi) is 5.21. The predicted octanol–water partition coefficient (Wildman–Crippen LogP) is 5.20. The van der Waals surface area contributed by atoms with E-state index in [0.29, 0.717) is 18.2 Å². The molecule has 0 N–H and O–H groups in total. The molecule has 122 valence electrons. The summed E-state index contributed by atoms with van der Waals surface area (Å²) in [7, 11) is 0. The Morgan fingerprint density at radius 1 is 1.14 bits per heavy atom. The first kappa shape index (κ1) is 18.0. The Hall–Kier alpha value is -2.06. The van der Waals surface area contributed by atoms with Gasteiger partial charge < -0.3 is 4.74 Å². The van der Waals surface area contributed by atoms with Gasteiger partial charge in [-0.3, -0.25) is 0 Å². The van der Waals surface area contributed by atoms with Crippen LogP contribution >= 0.6 is 0 Å². The van der Waals surface area contributed by atoms with Gasteiger partial charge in [0.2, 0.25) is 5.83 Å². The van der Waals surface area contributed by atoms with Crippen LogP contribution in [0.25, 0.3) is 5.83 Å². The van der Waals surface area contributed by atoms with Crippen molar-refractivity contribution in [2.75, 3.05) is 6.61 Å². The molecule has 0 aromatic heterocycles. The zero-order valence-corrected chi connectivity index (χ0v) is 10.7. The largest absolute Gasteiger partial charge is 0.489 e. The average molecular weight is 332 g/mol. The molecule has 0 fully saturated rings. The Labute approximate surface area is 119 Å². The van der Waals surface area contributed by atoms with E-state index >= 15 is 0 Å². The number of halogens is 8. The van der Waals surface area contributed by atoms with Gasteiger partial charge in [0.05, 0.1) is 5.56 Å². The van der Waals surface area contributed by atoms with E-state index in [0.717, 1.165) is 6.08 Å². The van der Waals surface area contributed by atoms with E-state index in [-0.39, 0.29) is 6.61 Å². The van der Waals surface area contributed by atoms with Crippen LogP contribution in [-0.4, -0.2) is 18.7 Å². The monoisotopic (exact) mass is 332 g/mol. The van der Waals surface area contributed by atoms with Crippen molar-refractivity contribution >= 4 is 5.83 Å². The molecule has 0 spiro atoms. The molecule has 0 heterocycles. The average Bonchev–Trinajstić information content (AvgIpc) is 2.42. The van der Waals surface area contributed by atoms with Crippen molar-refractivity contribution in [1.29, 1.82) is 0 Å². The number of ether oxygens (including phenoxy) is 1. The normalized spacial score (nSPS) is 13.6. The van der Waals surface area contributed by atoms with Crippen molar-refractivity contribution in [3.8, 4) is 5.75 Å². The zero-order valence-electron chi connectivity index (χ0n) is 10.7. The van der Waals surface area contributed by atoms with Crippen molar-refractivity contribution in [2.24, 2.45) is 0 Å². The standard InChI is InChI=1S/C13H8F8O/c1-2-5-22-9-6-7(14)3-4-8(9)10(15)11(16)12(17,18)13(19,20)21/h2-4,6H,1,5H2. The van der Waals surface area contributed by atoms with E-state index in [1.807, 2.05) is 0 Å². The van der Waals surface area contributed by atoms with E-state index < -0.39 is 40.9 Å². The quantitative estimate of drug-likeness (QED) is 0.532. The fourth-order valence-electron chi connectivity index (χ4n) is 1.33. The summed E-state index contributed by atoms with van der Waals surface area (Å²) < 4.78 is 106. The number of alkyl halides is 5. The molecule has 0 bridgehead atoms. The van der Waals surface area contributed by atoms with Crippen molar-refractivity contribution in [3.05, 3.63) is 48.1 Å². The molecule has 1 nitrogen and oxygen atoms in total. The van der Waals surface area contributed by atoms with Crippen LogP contribution in [-0.2, 0) is 0 Å². The molecule has 0 amide bonds. The first-order valence-corrected chi connectivity index (χ1v) is 5.56. The lowest BCUT2D eigenvalue weighted by Crippen LogP contribution is -2.37.